The van der Waals surface area contributed by atoms with Crippen molar-refractivity contribution in [2.24, 2.45) is 0 Å². The fourth-order valence-electron chi connectivity index (χ4n) is 4.29. The maximum atomic E-state index is 4.64. The molecule has 2 atom stereocenters. The molecule has 1 aromatic rings. The Bertz CT molecular complexity index is 490. The molecule has 1 spiro atoms. The van der Waals surface area contributed by atoms with Gasteiger partial charge < -0.3 is 5.32 Å². The molecule has 21 heavy (non-hydrogen) atoms. The standard InChI is InChI=1S/C17H29N3S/c1-5-15-10-18-17(8-6-7-9-17)11-20(15)13(3)16-12(2)19-14(4)21-16/h13,15,18H,5-11H2,1-4H3. The third kappa shape index (κ3) is 2.90. The summed E-state index contributed by atoms with van der Waals surface area (Å²) in [6, 6.07) is 1.16. The van der Waals surface area contributed by atoms with E-state index in [4.69, 9.17) is 0 Å². The molecule has 0 bridgehead atoms. The highest BCUT2D eigenvalue weighted by molar-refractivity contribution is 7.11. The summed E-state index contributed by atoms with van der Waals surface area (Å²) in [5, 5.41) is 5.10. The first-order valence-corrected chi connectivity index (χ1v) is 9.31. The van der Waals surface area contributed by atoms with Gasteiger partial charge in [-0.2, -0.15) is 0 Å². The second-order valence-electron chi connectivity index (χ2n) is 6.96. The van der Waals surface area contributed by atoms with Gasteiger partial charge in [0.25, 0.3) is 0 Å². The Kier molecular flexibility index (Phi) is 4.40. The maximum Gasteiger partial charge on any atom is 0.0900 e. The number of aromatic nitrogens is 1. The van der Waals surface area contributed by atoms with Crippen molar-refractivity contribution in [1.29, 1.82) is 0 Å². The molecular weight excluding hydrogens is 278 g/mol. The van der Waals surface area contributed by atoms with Crippen molar-refractivity contribution in [3.05, 3.63) is 15.6 Å². The monoisotopic (exact) mass is 307 g/mol. The van der Waals surface area contributed by atoms with Gasteiger partial charge in [-0.25, -0.2) is 4.98 Å². The van der Waals surface area contributed by atoms with Crippen LogP contribution in [0.2, 0.25) is 0 Å². The minimum atomic E-state index is 0.396. The molecule has 2 unspecified atom stereocenters. The number of rotatable bonds is 3. The highest BCUT2D eigenvalue weighted by atomic mass is 32.1. The molecule has 1 aromatic heterocycles. The zero-order valence-corrected chi connectivity index (χ0v) is 14.7. The highest BCUT2D eigenvalue weighted by Crippen LogP contribution is 2.38. The van der Waals surface area contributed by atoms with Crippen LogP contribution in [0.5, 0.6) is 0 Å². The molecule has 3 rings (SSSR count). The molecule has 0 radical (unpaired) electrons. The van der Waals surface area contributed by atoms with E-state index in [9.17, 15) is 0 Å². The third-order valence-corrected chi connectivity index (χ3v) is 6.76. The SMILES string of the molecule is CCC1CNC2(CCCC2)CN1C(C)c1sc(C)nc1C. The first kappa shape index (κ1) is 15.4. The van der Waals surface area contributed by atoms with Gasteiger partial charge in [0.1, 0.15) is 0 Å². The van der Waals surface area contributed by atoms with Crippen molar-refractivity contribution in [1.82, 2.24) is 15.2 Å². The van der Waals surface area contributed by atoms with Gasteiger partial charge in [0.05, 0.1) is 10.7 Å². The van der Waals surface area contributed by atoms with E-state index in [1.54, 1.807) is 0 Å². The summed E-state index contributed by atoms with van der Waals surface area (Å²) in [6.07, 6.45) is 6.72. The smallest absolute Gasteiger partial charge is 0.0900 e. The second-order valence-corrected chi connectivity index (χ2v) is 8.20. The van der Waals surface area contributed by atoms with Crippen molar-refractivity contribution in [2.45, 2.75) is 77.4 Å². The molecule has 2 heterocycles. The van der Waals surface area contributed by atoms with Crippen LogP contribution >= 0.6 is 11.3 Å². The third-order valence-electron chi connectivity index (χ3n) is 5.52. The molecule has 118 valence electrons. The van der Waals surface area contributed by atoms with Gasteiger partial charge in [-0.1, -0.05) is 19.8 Å². The van der Waals surface area contributed by atoms with Crippen LogP contribution in [0.15, 0.2) is 0 Å². The van der Waals surface area contributed by atoms with Crippen molar-refractivity contribution in [3.63, 3.8) is 0 Å². The van der Waals surface area contributed by atoms with Crippen LogP contribution < -0.4 is 5.32 Å². The molecular formula is C17H29N3S. The number of nitrogens with zero attached hydrogens (tertiary/aromatic N) is 2. The maximum absolute atomic E-state index is 4.64. The first-order chi connectivity index (χ1) is 10.0. The Morgan fingerprint density at radius 3 is 2.67 bits per heavy atom. The summed E-state index contributed by atoms with van der Waals surface area (Å²) in [6.45, 7) is 11.4. The van der Waals surface area contributed by atoms with Crippen LogP contribution in [-0.2, 0) is 0 Å². The molecule has 0 aromatic carbocycles. The lowest BCUT2D eigenvalue weighted by atomic mass is 9.90. The average molecular weight is 308 g/mol. The van der Waals surface area contributed by atoms with Crippen molar-refractivity contribution in [3.8, 4) is 0 Å². The predicted molar refractivity (Wildman–Crippen MR) is 90.0 cm³/mol. The van der Waals surface area contributed by atoms with Crippen LogP contribution in [-0.4, -0.2) is 34.6 Å². The van der Waals surface area contributed by atoms with E-state index in [1.807, 2.05) is 11.3 Å². The molecule has 2 aliphatic rings. The van der Waals surface area contributed by atoms with E-state index in [-0.39, 0.29) is 0 Å². The van der Waals surface area contributed by atoms with Gasteiger partial charge in [-0.3, -0.25) is 4.90 Å². The summed E-state index contributed by atoms with van der Waals surface area (Å²) >= 11 is 1.89. The normalized spacial score (nSPS) is 27.3. The lowest BCUT2D eigenvalue weighted by molar-refractivity contribution is 0.0471. The fraction of sp³-hybridized carbons (Fsp3) is 0.824. The van der Waals surface area contributed by atoms with Crippen LogP contribution in [0.3, 0.4) is 0 Å². The zero-order chi connectivity index (χ0) is 15.0. The predicted octanol–water partition coefficient (Wildman–Crippen LogP) is 3.82. The molecule has 1 saturated carbocycles. The van der Waals surface area contributed by atoms with Crippen LogP contribution in [0.4, 0.5) is 0 Å². The zero-order valence-electron chi connectivity index (χ0n) is 13.9. The number of nitrogens with one attached hydrogen (secondary N) is 1. The number of thiazole rings is 1. The quantitative estimate of drug-likeness (QED) is 0.920. The van der Waals surface area contributed by atoms with Gasteiger partial charge in [0.2, 0.25) is 0 Å². The topological polar surface area (TPSA) is 28.2 Å². The Balaban J connectivity index is 1.84. The molecule has 1 N–H and O–H groups in total. The van der Waals surface area contributed by atoms with Gasteiger partial charge >= 0.3 is 0 Å². The Morgan fingerprint density at radius 2 is 2.10 bits per heavy atom. The Labute approximate surface area is 133 Å². The number of aryl methyl sites for hydroxylation is 2. The number of hydrogen-bond donors (Lipinski definition) is 1. The van der Waals surface area contributed by atoms with E-state index in [1.165, 1.54) is 54.2 Å². The van der Waals surface area contributed by atoms with Gasteiger partial charge in [0, 0.05) is 35.6 Å². The fourth-order valence-corrected chi connectivity index (χ4v) is 5.29. The van der Waals surface area contributed by atoms with Crippen LogP contribution in [0, 0.1) is 13.8 Å². The van der Waals surface area contributed by atoms with E-state index < -0.39 is 0 Å². The molecule has 3 nitrogen and oxygen atoms in total. The molecule has 1 aliphatic heterocycles. The van der Waals surface area contributed by atoms with Gasteiger partial charge in [-0.05, 0) is 40.0 Å². The van der Waals surface area contributed by atoms with Gasteiger partial charge in [0.15, 0.2) is 0 Å². The molecule has 4 heteroatoms. The summed E-state index contributed by atoms with van der Waals surface area (Å²) < 4.78 is 0. The number of piperazine rings is 1. The lowest BCUT2D eigenvalue weighted by Gasteiger charge is -2.48. The van der Waals surface area contributed by atoms with E-state index >= 15 is 0 Å². The molecule has 2 fully saturated rings. The summed E-state index contributed by atoms with van der Waals surface area (Å²) in [7, 11) is 0. The number of hydrogen-bond acceptors (Lipinski definition) is 4. The van der Waals surface area contributed by atoms with E-state index in [2.05, 4.69) is 42.9 Å². The van der Waals surface area contributed by atoms with Gasteiger partial charge in [-0.15, -0.1) is 11.3 Å². The lowest BCUT2D eigenvalue weighted by Crippen LogP contribution is -2.63. The van der Waals surface area contributed by atoms with Crippen molar-refractivity contribution < 1.29 is 0 Å². The van der Waals surface area contributed by atoms with E-state index in [0.717, 1.165) is 6.54 Å². The summed E-state index contributed by atoms with van der Waals surface area (Å²) in [4.78, 5) is 8.88. The Hall–Kier alpha value is -0.450. The minimum Gasteiger partial charge on any atom is -0.308 e. The van der Waals surface area contributed by atoms with Crippen molar-refractivity contribution in [2.75, 3.05) is 13.1 Å². The Morgan fingerprint density at radius 1 is 1.38 bits per heavy atom. The van der Waals surface area contributed by atoms with Crippen LogP contribution in [0.1, 0.15) is 67.6 Å². The van der Waals surface area contributed by atoms with Crippen LogP contribution in [0.25, 0.3) is 0 Å². The van der Waals surface area contributed by atoms with E-state index in [0.29, 0.717) is 17.6 Å². The molecule has 1 aliphatic carbocycles. The molecule has 1 saturated heterocycles. The molecule has 0 amide bonds. The van der Waals surface area contributed by atoms with Crippen molar-refractivity contribution >= 4 is 11.3 Å². The second kappa shape index (κ2) is 5.98. The highest BCUT2D eigenvalue weighted by Gasteiger charge is 2.42. The summed E-state index contributed by atoms with van der Waals surface area (Å²) in [5.74, 6) is 0. The first-order valence-electron chi connectivity index (χ1n) is 8.49. The largest absolute Gasteiger partial charge is 0.308 e. The minimum absolute atomic E-state index is 0.396. The average Bonchev–Trinajstić information content (AvgIpc) is 3.05. The summed E-state index contributed by atoms with van der Waals surface area (Å²) in [5.41, 5.74) is 1.63.